The van der Waals surface area contributed by atoms with Crippen LogP contribution in [0.3, 0.4) is 0 Å². The van der Waals surface area contributed by atoms with E-state index in [0.29, 0.717) is 6.04 Å². The van der Waals surface area contributed by atoms with Crippen LogP contribution in [0.4, 0.5) is 10.1 Å². The molecule has 7 heteroatoms. The number of hydrogen-bond donors (Lipinski definition) is 2. The van der Waals surface area contributed by atoms with E-state index in [-0.39, 0.29) is 11.4 Å². The number of anilines is 1. The second kappa shape index (κ2) is 9.96. The molecule has 3 saturated heterocycles. The summed E-state index contributed by atoms with van der Waals surface area (Å²) in [4.78, 5) is 9.44. The highest BCUT2D eigenvalue weighted by Crippen LogP contribution is 2.30. The van der Waals surface area contributed by atoms with Crippen molar-refractivity contribution in [3.05, 3.63) is 30.1 Å². The van der Waals surface area contributed by atoms with E-state index in [2.05, 4.69) is 25.4 Å². The highest BCUT2D eigenvalue weighted by molar-refractivity contribution is 5.80. The first-order valence-electron chi connectivity index (χ1n) is 11.5. The molecule has 3 aliphatic rings. The van der Waals surface area contributed by atoms with Crippen LogP contribution in [0.5, 0.6) is 0 Å². The van der Waals surface area contributed by atoms with Crippen LogP contribution >= 0.6 is 0 Å². The molecule has 2 N–H and O–H groups in total. The molecule has 0 amide bonds. The van der Waals surface area contributed by atoms with Crippen LogP contribution in [-0.2, 0) is 4.74 Å². The highest BCUT2D eigenvalue weighted by Gasteiger charge is 2.39. The number of benzene rings is 1. The van der Waals surface area contributed by atoms with Crippen molar-refractivity contribution in [1.82, 2.24) is 15.5 Å². The maximum atomic E-state index is 13.6. The molecule has 3 aliphatic heterocycles. The molecule has 3 heterocycles. The first-order chi connectivity index (χ1) is 14.7. The molecule has 1 unspecified atom stereocenters. The molecular formula is C23H36FN5O. The van der Waals surface area contributed by atoms with E-state index in [1.54, 1.807) is 12.1 Å². The minimum absolute atomic E-state index is 0.173. The molecule has 0 aromatic heterocycles. The fraction of sp³-hybridized carbons (Fsp3) is 0.696. The van der Waals surface area contributed by atoms with Gasteiger partial charge in [0.2, 0.25) is 0 Å². The maximum Gasteiger partial charge on any atom is 0.191 e. The van der Waals surface area contributed by atoms with Crippen molar-refractivity contribution < 1.29 is 9.13 Å². The zero-order chi connectivity index (χ0) is 20.8. The number of likely N-dealkylation sites (tertiary alicyclic amines) is 1. The quantitative estimate of drug-likeness (QED) is 0.570. The lowest BCUT2D eigenvalue weighted by molar-refractivity contribution is -0.0164. The maximum absolute atomic E-state index is 13.6. The standard InChI is InChI=1S/C23H36FN5O/c1-25-22(26-18-23(9-14-30-15-10-23)29-12-2-3-13-29)27-20-7-5-11-28(17-20)21-8-4-6-19(24)16-21/h4,6,8,16,20H,2-3,5,7,9-15,17-18H2,1H3,(H2,25,26,27). The largest absolute Gasteiger partial charge is 0.381 e. The molecule has 3 fully saturated rings. The number of nitrogens with zero attached hydrogens (tertiary/aromatic N) is 3. The molecule has 0 aliphatic carbocycles. The number of rotatable bonds is 5. The van der Waals surface area contributed by atoms with Crippen molar-refractivity contribution in [2.75, 3.05) is 57.9 Å². The van der Waals surface area contributed by atoms with Crippen molar-refractivity contribution in [2.24, 2.45) is 4.99 Å². The van der Waals surface area contributed by atoms with Gasteiger partial charge in [0, 0.05) is 57.2 Å². The zero-order valence-corrected chi connectivity index (χ0v) is 18.2. The number of ether oxygens (including phenoxy) is 1. The first-order valence-corrected chi connectivity index (χ1v) is 11.5. The molecule has 0 bridgehead atoms. The summed E-state index contributed by atoms with van der Waals surface area (Å²) in [5, 5.41) is 7.25. The van der Waals surface area contributed by atoms with Gasteiger partial charge in [-0.25, -0.2) is 4.39 Å². The molecule has 1 aromatic rings. The summed E-state index contributed by atoms with van der Waals surface area (Å²) in [6.45, 7) is 6.79. The molecule has 30 heavy (non-hydrogen) atoms. The highest BCUT2D eigenvalue weighted by atomic mass is 19.1. The van der Waals surface area contributed by atoms with Crippen LogP contribution in [0.1, 0.15) is 38.5 Å². The number of nitrogens with one attached hydrogen (secondary N) is 2. The Labute approximate surface area is 179 Å². The van der Waals surface area contributed by atoms with Crippen LogP contribution in [0, 0.1) is 5.82 Å². The lowest BCUT2D eigenvalue weighted by atomic mass is 9.88. The zero-order valence-electron chi connectivity index (χ0n) is 18.2. The summed E-state index contributed by atoms with van der Waals surface area (Å²) in [5.41, 5.74) is 1.13. The lowest BCUT2D eigenvalue weighted by Crippen LogP contribution is -2.60. The summed E-state index contributed by atoms with van der Waals surface area (Å²) >= 11 is 0. The minimum Gasteiger partial charge on any atom is -0.381 e. The van der Waals surface area contributed by atoms with E-state index in [4.69, 9.17) is 4.74 Å². The van der Waals surface area contributed by atoms with Gasteiger partial charge in [0.1, 0.15) is 5.82 Å². The van der Waals surface area contributed by atoms with E-state index in [1.165, 1.54) is 32.0 Å². The summed E-state index contributed by atoms with van der Waals surface area (Å²) in [7, 11) is 1.84. The fourth-order valence-electron chi connectivity index (χ4n) is 5.19. The topological polar surface area (TPSA) is 52.1 Å². The molecule has 1 atom stereocenters. The third-order valence-corrected chi connectivity index (χ3v) is 6.94. The van der Waals surface area contributed by atoms with Crippen LogP contribution in [0.15, 0.2) is 29.3 Å². The van der Waals surface area contributed by atoms with Crippen LogP contribution in [-0.4, -0.2) is 75.4 Å². The van der Waals surface area contributed by atoms with Gasteiger partial charge in [-0.1, -0.05) is 6.07 Å². The smallest absolute Gasteiger partial charge is 0.191 e. The van der Waals surface area contributed by atoms with E-state index < -0.39 is 0 Å². The van der Waals surface area contributed by atoms with Gasteiger partial charge in [-0.2, -0.15) is 0 Å². The third-order valence-electron chi connectivity index (χ3n) is 6.94. The second-order valence-corrected chi connectivity index (χ2v) is 8.87. The van der Waals surface area contributed by atoms with Gasteiger partial charge in [-0.05, 0) is 69.8 Å². The molecule has 0 radical (unpaired) electrons. The van der Waals surface area contributed by atoms with Gasteiger partial charge in [0.25, 0.3) is 0 Å². The lowest BCUT2D eigenvalue weighted by Gasteiger charge is -2.45. The summed E-state index contributed by atoms with van der Waals surface area (Å²) in [6.07, 6.45) is 6.93. The normalized spacial score (nSPS) is 25.3. The van der Waals surface area contributed by atoms with Gasteiger partial charge >= 0.3 is 0 Å². The number of aliphatic imine (C=N–C) groups is 1. The first kappa shape index (κ1) is 21.4. The van der Waals surface area contributed by atoms with Gasteiger partial charge in [-0.15, -0.1) is 0 Å². The Bertz CT molecular complexity index is 715. The van der Waals surface area contributed by atoms with Crippen molar-refractivity contribution in [2.45, 2.75) is 50.1 Å². The van der Waals surface area contributed by atoms with E-state index in [1.807, 2.05) is 13.1 Å². The van der Waals surface area contributed by atoms with Crippen molar-refractivity contribution >= 4 is 11.6 Å². The SMILES string of the molecule is CN=C(NCC1(N2CCCC2)CCOCC1)NC1CCCN(c2cccc(F)c2)C1. The predicted molar refractivity (Wildman–Crippen MR) is 120 cm³/mol. The van der Waals surface area contributed by atoms with Crippen molar-refractivity contribution in [3.63, 3.8) is 0 Å². The van der Waals surface area contributed by atoms with Gasteiger partial charge < -0.3 is 20.3 Å². The van der Waals surface area contributed by atoms with Crippen molar-refractivity contribution in [1.29, 1.82) is 0 Å². The Hall–Kier alpha value is -1.86. The predicted octanol–water partition coefficient (Wildman–Crippen LogP) is 2.60. The molecule has 166 valence electrons. The Morgan fingerprint density at radius 2 is 2.00 bits per heavy atom. The van der Waals surface area contributed by atoms with Crippen molar-refractivity contribution in [3.8, 4) is 0 Å². The van der Waals surface area contributed by atoms with Gasteiger partial charge in [-0.3, -0.25) is 9.89 Å². The number of hydrogen-bond acceptors (Lipinski definition) is 4. The number of piperidine rings is 1. The summed E-state index contributed by atoms with van der Waals surface area (Å²) < 4.78 is 19.3. The molecule has 0 saturated carbocycles. The number of guanidine groups is 1. The van der Waals surface area contributed by atoms with Crippen LogP contribution in [0.2, 0.25) is 0 Å². The molecule has 0 spiro atoms. The Morgan fingerprint density at radius 3 is 2.73 bits per heavy atom. The molecule has 6 nitrogen and oxygen atoms in total. The second-order valence-electron chi connectivity index (χ2n) is 8.87. The van der Waals surface area contributed by atoms with Crippen LogP contribution < -0.4 is 15.5 Å². The average Bonchev–Trinajstić information content (AvgIpc) is 3.33. The summed E-state index contributed by atoms with van der Waals surface area (Å²) in [6, 6.07) is 7.20. The Kier molecular flexibility index (Phi) is 7.10. The van der Waals surface area contributed by atoms with E-state index >= 15 is 0 Å². The summed E-state index contributed by atoms with van der Waals surface area (Å²) in [5.74, 6) is 0.690. The van der Waals surface area contributed by atoms with Crippen LogP contribution in [0.25, 0.3) is 0 Å². The third kappa shape index (κ3) is 5.06. The molecule has 1 aromatic carbocycles. The average molecular weight is 418 g/mol. The monoisotopic (exact) mass is 417 g/mol. The fourth-order valence-corrected chi connectivity index (χ4v) is 5.19. The van der Waals surface area contributed by atoms with Gasteiger partial charge in [0.05, 0.1) is 0 Å². The molecular weight excluding hydrogens is 381 g/mol. The Morgan fingerprint density at radius 1 is 1.20 bits per heavy atom. The number of halogens is 1. The Balaban J connectivity index is 1.34. The van der Waals surface area contributed by atoms with E-state index in [9.17, 15) is 4.39 Å². The van der Waals surface area contributed by atoms with E-state index in [0.717, 1.165) is 70.2 Å². The molecule has 4 rings (SSSR count). The van der Waals surface area contributed by atoms with Gasteiger partial charge in [0.15, 0.2) is 5.96 Å². The minimum atomic E-state index is -0.177.